The minimum Gasteiger partial charge on any atom is -0.391 e. The number of aryl methyl sites for hydroxylation is 3. The van der Waals surface area contributed by atoms with Crippen LogP contribution in [0.1, 0.15) is 26.7 Å². The molecule has 2 aromatic heterocycles. The molecule has 0 fully saturated rings. The molecule has 0 bridgehead atoms. The zero-order valence-corrected chi connectivity index (χ0v) is 13.3. The van der Waals surface area contributed by atoms with Gasteiger partial charge in [-0.05, 0) is 32.3 Å². The molecule has 0 spiro atoms. The van der Waals surface area contributed by atoms with Crippen LogP contribution >= 0.6 is 22.7 Å². The van der Waals surface area contributed by atoms with Crippen LogP contribution in [0.3, 0.4) is 0 Å². The number of aliphatic hydroxyl groups is 1. The van der Waals surface area contributed by atoms with Gasteiger partial charge in [-0.15, -0.1) is 22.7 Å². The summed E-state index contributed by atoms with van der Waals surface area (Å²) in [6, 6.07) is 1.52. The first kappa shape index (κ1) is 14.0. The largest absolute Gasteiger partial charge is 0.391 e. The molecular weight excluding hydrogens is 316 g/mol. The van der Waals surface area contributed by atoms with Gasteiger partial charge in [0.15, 0.2) is 5.13 Å². The normalized spacial score (nSPS) is 14.5. The highest BCUT2D eigenvalue weighted by molar-refractivity contribution is 7.93. The summed E-state index contributed by atoms with van der Waals surface area (Å²) in [6.45, 7) is 1.59. The first-order chi connectivity index (χ1) is 9.49. The zero-order chi connectivity index (χ0) is 14.3. The SMILES string of the molecule is Cc1sc(CO)cc1S(=O)(=O)Nc1nc2c(s1)CCC2. The van der Waals surface area contributed by atoms with Crippen molar-refractivity contribution in [2.45, 2.75) is 37.7 Å². The van der Waals surface area contributed by atoms with Crippen molar-refractivity contribution in [3.05, 3.63) is 26.4 Å². The summed E-state index contributed by atoms with van der Waals surface area (Å²) in [6.07, 6.45) is 3.02. The average molecular weight is 330 g/mol. The first-order valence-electron chi connectivity index (χ1n) is 6.21. The maximum atomic E-state index is 12.4. The number of hydrogen-bond donors (Lipinski definition) is 2. The van der Waals surface area contributed by atoms with Gasteiger partial charge < -0.3 is 5.11 Å². The van der Waals surface area contributed by atoms with Crippen LogP contribution in [0.25, 0.3) is 0 Å². The van der Waals surface area contributed by atoms with Crippen LogP contribution in [0.5, 0.6) is 0 Å². The van der Waals surface area contributed by atoms with E-state index in [1.165, 1.54) is 33.6 Å². The van der Waals surface area contributed by atoms with Gasteiger partial charge in [-0.1, -0.05) is 0 Å². The van der Waals surface area contributed by atoms with Crippen molar-refractivity contribution in [3.8, 4) is 0 Å². The predicted octanol–water partition coefficient (Wildman–Crippen LogP) is 2.29. The maximum absolute atomic E-state index is 12.4. The van der Waals surface area contributed by atoms with Crippen molar-refractivity contribution >= 4 is 37.8 Å². The lowest BCUT2D eigenvalue weighted by molar-refractivity contribution is 0.285. The first-order valence-corrected chi connectivity index (χ1v) is 9.33. The molecule has 0 atom stereocenters. The van der Waals surface area contributed by atoms with Crippen LogP contribution in [0, 0.1) is 6.92 Å². The summed E-state index contributed by atoms with van der Waals surface area (Å²) in [5.41, 5.74) is 1.02. The van der Waals surface area contributed by atoms with Gasteiger partial charge in [0.05, 0.1) is 12.3 Å². The molecule has 108 valence electrons. The molecule has 1 aliphatic carbocycles. The third-order valence-electron chi connectivity index (χ3n) is 3.19. The predicted molar refractivity (Wildman–Crippen MR) is 79.9 cm³/mol. The fourth-order valence-electron chi connectivity index (χ4n) is 2.27. The molecule has 0 radical (unpaired) electrons. The Morgan fingerprint density at radius 3 is 2.85 bits per heavy atom. The van der Waals surface area contributed by atoms with Crippen molar-refractivity contribution in [3.63, 3.8) is 0 Å². The summed E-state index contributed by atoms with van der Waals surface area (Å²) in [4.78, 5) is 7.06. The third kappa shape index (κ3) is 2.48. The fraction of sp³-hybridized carbons (Fsp3) is 0.417. The second-order valence-corrected chi connectivity index (χ2v) is 8.71. The maximum Gasteiger partial charge on any atom is 0.264 e. The molecule has 0 saturated carbocycles. The Balaban J connectivity index is 1.89. The minimum atomic E-state index is -3.62. The van der Waals surface area contributed by atoms with E-state index in [4.69, 9.17) is 5.11 Å². The van der Waals surface area contributed by atoms with E-state index < -0.39 is 10.0 Å². The number of rotatable bonds is 4. The van der Waals surface area contributed by atoms with Gasteiger partial charge in [0.2, 0.25) is 0 Å². The number of hydrogen-bond acceptors (Lipinski definition) is 6. The lowest BCUT2D eigenvalue weighted by Gasteiger charge is -2.04. The number of nitrogens with zero attached hydrogens (tertiary/aromatic N) is 1. The van der Waals surface area contributed by atoms with Crippen LogP contribution < -0.4 is 4.72 Å². The quantitative estimate of drug-likeness (QED) is 0.901. The highest BCUT2D eigenvalue weighted by atomic mass is 32.2. The lowest BCUT2D eigenvalue weighted by atomic mass is 10.4. The van der Waals surface area contributed by atoms with Gasteiger partial charge in [-0.3, -0.25) is 4.72 Å². The monoisotopic (exact) mass is 330 g/mol. The van der Waals surface area contributed by atoms with Crippen molar-refractivity contribution in [1.29, 1.82) is 0 Å². The molecule has 1 aliphatic rings. The Bertz CT molecular complexity index is 725. The Morgan fingerprint density at radius 1 is 1.40 bits per heavy atom. The van der Waals surface area contributed by atoms with Crippen molar-refractivity contribution < 1.29 is 13.5 Å². The van der Waals surface area contributed by atoms with E-state index in [9.17, 15) is 8.42 Å². The van der Waals surface area contributed by atoms with Crippen LogP contribution in [-0.2, 0) is 29.5 Å². The number of aromatic nitrogens is 1. The highest BCUT2D eigenvalue weighted by Crippen LogP contribution is 2.33. The number of sulfonamides is 1. The number of nitrogens with one attached hydrogen (secondary N) is 1. The Morgan fingerprint density at radius 2 is 2.20 bits per heavy atom. The Hall–Kier alpha value is -0.960. The molecule has 2 heterocycles. The van der Waals surface area contributed by atoms with Crippen molar-refractivity contribution in [2.75, 3.05) is 4.72 Å². The van der Waals surface area contributed by atoms with Crippen LogP contribution in [0.2, 0.25) is 0 Å². The van der Waals surface area contributed by atoms with Gasteiger partial charge in [0, 0.05) is 14.6 Å². The smallest absolute Gasteiger partial charge is 0.264 e. The van der Waals surface area contributed by atoms with Gasteiger partial charge in [-0.2, -0.15) is 0 Å². The van der Waals surface area contributed by atoms with Crippen LogP contribution in [0.4, 0.5) is 5.13 Å². The molecule has 2 aromatic rings. The van der Waals surface area contributed by atoms with E-state index in [1.54, 1.807) is 6.92 Å². The van der Waals surface area contributed by atoms with E-state index in [2.05, 4.69) is 9.71 Å². The Kier molecular flexibility index (Phi) is 3.57. The molecule has 8 heteroatoms. The van der Waals surface area contributed by atoms with E-state index in [1.807, 2.05) is 0 Å². The third-order valence-corrected chi connectivity index (χ3v) is 7.02. The summed E-state index contributed by atoms with van der Waals surface area (Å²) in [5, 5.41) is 9.53. The van der Waals surface area contributed by atoms with Gasteiger partial charge in [0.1, 0.15) is 4.90 Å². The van der Waals surface area contributed by atoms with E-state index in [0.717, 1.165) is 25.0 Å². The summed E-state index contributed by atoms with van der Waals surface area (Å²) >= 11 is 2.70. The summed E-state index contributed by atoms with van der Waals surface area (Å²) in [5.74, 6) is 0. The summed E-state index contributed by atoms with van der Waals surface area (Å²) in [7, 11) is -3.62. The fourth-order valence-corrected chi connectivity index (χ4v) is 6.05. The molecule has 0 aliphatic heterocycles. The topological polar surface area (TPSA) is 79.3 Å². The number of thiazole rings is 1. The molecule has 2 N–H and O–H groups in total. The van der Waals surface area contributed by atoms with Crippen molar-refractivity contribution in [2.24, 2.45) is 0 Å². The average Bonchev–Trinajstić information content (AvgIpc) is 3.02. The standard InChI is InChI=1S/C12H14N2O3S3/c1-7-11(5-8(6-15)18-7)20(16,17)14-12-13-9-3-2-4-10(9)19-12/h5,15H,2-4,6H2,1H3,(H,13,14). The molecule has 5 nitrogen and oxygen atoms in total. The molecule has 0 saturated heterocycles. The van der Waals surface area contributed by atoms with Crippen molar-refractivity contribution in [1.82, 2.24) is 4.98 Å². The molecule has 0 unspecified atom stereocenters. The Labute approximate surface area is 125 Å². The molecule has 3 rings (SSSR count). The zero-order valence-electron chi connectivity index (χ0n) is 10.8. The number of thiophene rings is 1. The van der Waals surface area contributed by atoms with E-state index in [0.29, 0.717) is 14.9 Å². The number of fused-ring (bicyclic) bond motifs is 1. The molecule has 20 heavy (non-hydrogen) atoms. The molecule has 0 amide bonds. The van der Waals surface area contributed by atoms with E-state index in [-0.39, 0.29) is 11.5 Å². The second-order valence-electron chi connectivity index (χ2n) is 4.64. The lowest BCUT2D eigenvalue weighted by Crippen LogP contribution is -2.13. The number of aliphatic hydroxyl groups excluding tert-OH is 1. The van der Waals surface area contributed by atoms with E-state index >= 15 is 0 Å². The van der Waals surface area contributed by atoms with Crippen LogP contribution in [0.15, 0.2) is 11.0 Å². The number of anilines is 1. The van der Waals surface area contributed by atoms with Gasteiger partial charge in [0.25, 0.3) is 10.0 Å². The van der Waals surface area contributed by atoms with Gasteiger partial charge in [-0.25, -0.2) is 13.4 Å². The summed E-state index contributed by atoms with van der Waals surface area (Å²) < 4.78 is 27.3. The molecule has 0 aromatic carbocycles. The second kappa shape index (κ2) is 5.10. The highest BCUT2D eigenvalue weighted by Gasteiger charge is 2.23. The minimum absolute atomic E-state index is 0.146. The van der Waals surface area contributed by atoms with Crippen LogP contribution in [-0.4, -0.2) is 18.5 Å². The van der Waals surface area contributed by atoms with Gasteiger partial charge >= 0.3 is 0 Å². The molecular formula is C12H14N2O3S3.